The van der Waals surface area contributed by atoms with E-state index in [1.807, 2.05) is 37.3 Å². The summed E-state index contributed by atoms with van der Waals surface area (Å²) >= 11 is 6.14. The highest BCUT2D eigenvalue weighted by Crippen LogP contribution is 2.30. The zero-order valence-corrected chi connectivity index (χ0v) is 19.8. The predicted octanol–water partition coefficient (Wildman–Crippen LogP) is 3.04. The molecular formula is C24H24ClN5O4. The SMILES string of the molecule is CCn1cnc2c1c(=O)n(CC(=O)Nc1cc(C)c(Cl)cc1OC)c(=O)n2Cc1ccccc1. The Balaban J connectivity index is 1.77. The van der Waals surface area contributed by atoms with Gasteiger partial charge in [-0.3, -0.25) is 14.2 Å². The van der Waals surface area contributed by atoms with Crippen molar-refractivity contribution < 1.29 is 9.53 Å². The number of nitrogens with zero attached hydrogens (tertiary/aromatic N) is 4. The van der Waals surface area contributed by atoms with Gasteiger partial charge in [0.25, 0.3) is 5.56 Å². The fourth-order valence-electron chi connectivity index (χ4n) is 3.79. The van der Waals surface area contributed by atoms with Crippen molar-refractivity contribution in [3.63, 3.8) is 0 Å². The molecule has 4 aromatic rings. The van der Waals surface area contributed by atoms with Crippen LogP contribution in [0, 0.1) is 6.92 Å². The number of nitrogens with one attached hydrogen (secondary N) is 1. The van der Waals surface area contributed by atoms with Crippen LogP contribution in [0.4, 0.5) is 5.69 Å². The summed E-state index contributed by atoms with van der Waals surface area (Å²) in [5, 5.41) is 3.21. The zero-order chi connectivity index (χ0) is 24.4. The molecule has 0 aliphatic carbocycles. The number of anilines is 1. The molecule has 4 rings (SSSR count). The number of aryl methyl sites for hydroxylation is 2. The Kier molecular flexibility index (Phi) is 6.56. The number of aromatic nitrogens is 4. The number of amides is 1. The first-order valence-corrected chi connectivity index (χ1v) is 11.1. The largest absolute Gasteiger partial charge is 0.495 e. The number of ether oxygens (including phenoxy) is 1. The summed E-state index contributed by atoms with van der Waals surface area (Å²) < 4.78 is 9.31. The number of halogens is 1. The molecule has 0 saturated heterocycles. The molecule has 9 nitrogen and oxygen atoms in total. The molecule has 0 atom stereocenters. The van der Waals surface area contributed by atoms with E-state index < -0.39 is 23.7 Å². The molecule has 0 saturated carbocycles. The van der Waals surface area contributed by atoms with E-state index in [9.17, 15) is 14.4 Å². The van der Waals surface area contributed by atoms with Crippen LogP contribution in [0.5, 0.6) is 5.75 Å². The average molecular weight is 482 g/mol. The number of carbonyl (C=O) groups excluding carboxylic acids is 1. The number of methoxy groups -OCH3 is 1. The molecule has 1 N–H and O–H groups in total. The van der Waals surface area contributed by atoms with Crippen LogP contribution < -0.4 is 21.3 Å². The van der Waals surface area contributed by atoms with Crippen LogP contribution >= 0.6 is 11.6 Å². The fourth-order valence-corrected chi connectivity index (χ4v) is 3.94. The Bertz CT molecular complexity index is 1490. The standard InChI is InChI=1S/C24H24ClN5O4/c1-4-28-14-26-22-21(28)23(32)30(24(33)29(22)12-16-8-6-5-7-9-16)13-20(31)27-18-10-15(2)17(25)11-19(18)34-3/h5-11,14H,4,12-13H2,1-3H3,(H,27,31). The van der Waals surface area contributed by atoms with Gasteiger partial charge in [0.2, 0.25) is 5.91 Å². The minimum atomic E-state index is -0.614. The van der Waals surface area contributed by atoms with Gasteiger partial charge in [-0.25, -0.2) is 14.3 Å². The van der Waals surface area contributed by atoms with Gasteiger partial charge in [-0.15, -0.1) is 0 Å². The lowest BCUT2D eigenvalue weighted by molar-refractivity contribution is -0.116. The lowest BCUT2D eigenvalue weighted by atomic mass is 10.2. The molecule has 0 aliphatic heterocycles. The molecule has 0 fully saturated rings. The monoisotopic (exact) mass is 481 g/mol. The second-order valence-corrected chi connectivity index (χ2v) is 8.21. The molecule has 2 aromatic carbocycles. The summed E-state index contributed by atoms with van der Waals surface area (Å²) in [5.41, 5.74) is 1.38. The second-order valence-electron chi connectivity index (χ2n) is 7.80. The predicted molar refractivity (Wildman–Crippen MR) is 131 cm³/mol. The van der Waals surface area contributed by atoms with Crippen molar-refractivity contribution in [1.82, 2.24) is 18.7 Å². The van der Waals surface area contributed by atoms with Gasteiger partial charge in [0, 0.05) is 17.6 Å². The van der Waals surface area contributed by atoms with E-state index in [2.05, 4.69) is 10.3 Å². The third-order valence-corrected chi connectivity index (χ3v) is 5.97. The van der Waals surface area contributed by atoms with E-state index >= 15 is 0 Å². The Labute approximate surface area is 200 Å². The highest BCUT2D eigenvalue weighted by molar-refractivity contribution is 6.31. The molecule has 34 heavy (non-hydrogen) atoms. The maximum atomic E-state index is 13.4. The number of carbonyl (C=O) groups is 1. The Hall–Kier alpha value is -3.85. The highest BCUT2D eigenvalue weighted by atomic mass is 35.5. The Morgan fingerprint density at radius 3 is 2.56 bits per heavy atom. The number of imidazole rings is 1. The lowest BCUT2D eigenvalue weighted by Gasteiger charge is -2.14. The van der Waals surface area contributed by atoms with Crippen molar-refractivity contribution in [2.45, 2.75) is 33.5 Å². The van der Waals surface area contributed by atoms with E-state index in [0.717, 1.165) is 15.7 Å². The van der Waals surface area contributed by atoms with Crippen molar-refractivity contribution in [3.05, 3.63) is 85.8 Å². The van der Waals surface area contributed by atoms with Crippen LogP contribution in [0.2, 0.25) is 5.02 Å². The Morgan fingerprint density at radius 1 is 1.15 bits per heavy atom. The van der Waals surface area contributed by atoms with Crippen molar-refractivity contribution in [3.8, 4) is 5.75 Å². The number of hydrogen-bond acceptors (Lipinski definition) is 5. The quantitative estimate of drug-likeness (QED) is 0.437. The molecule has 176 valence electrons. The summed E-state index contributed by atoms with van der Waals surface area (Å²) in [6.07, 6.45) is 1.53. The molecule has 0 radical (unpaired) electrons. The minimum Gasteiger partial charge on any atom is -0.495 e. The maximum absolute atomic E-state index is 13.4. The van der Waals surface area contributed by atoms with Crippen LogP contribution in [-0.4, -0.2) is 31.7 Å². The summed E-state index contributed by atoms with van der Waals surface area (Å²) in [7, 11) is 1.46. The first kappa shape index (κ1) is 23.3. The number of hydrogen-bond donors (Lipinski definition) is 1. The molecule has 0 spiro atoms. The maximum Gasteiger partial charge on any atom is 0.333 e. The molecule has 1 amide bonds. The van der Waals surface area contributed by atoms with Crippen LogP contribution in [-0.2, 0) is 24.4 Å². The van der Waals surface area contributed by atoms with Crippen molar-refractivity contribution in [2.75, 3.05) is 12.4 Å². The first-order valence-electron chi connectivity index (χ1n) is 10.7. The van der Waals surface area contributed by atoms with Gasteiger partial charge in [-0.2, -0.15) is 0 Å². The third-order valence-electron chi connectivity index (χ3n) is 5.56. The van der Waals surface area contributed by atoms with E-state index in [1.54, 1.807) is 23.6 Å². The third kappa shape index (κ3) is 4.34. The van der Waals surface area contributed by atoms with Gasteiger partial charge in [0.05, 0.1) is 25.7 Å². The van der Waals surface area contributed by atoms with E-state index in [0.29, 0.717) is 23.0 Å². The fraction of sp³-hybridized carbons (Fsp3) is 0.250. The summed E-state index contributed by atoms with van der Waals surface area (Å²) in [5.74, 6) is -0.176. The van der Waals surface area contributed by atoms with Gasteiger partial charge >= 0.3 is 5.69 Å². The smallest absolute Gasteiger partial charge is 0.333 e. The lowest BCUT2D eigenvalue weighted by Crippen LogP contribution is -2.43. The van der Waals surface area contributed by atoms with Crippen LogP contribution in [0.1, 0.15) is 18.1 Å². The van der Waals surface area contributed by atoms with Crippen molar-refractivity contribution >= 4 is 34.4 Å². The molecule has 10 heteroatoms. The topological polar surface area (TPSA) is 100 Å². The summed E-state index contributed by atoms with van der Waals surface area (Å²) in [6.45, 7) is 3.90. The van der Waals surface area contributed by atoms with E-state index in [-0.39, 0.29) is 17.7 Å². The molecule has 0 aliphatic rings. The zero-order valence-electron chi connectivity index (χ0n) is 19.0. The van der Waals surface area contributed by atoms with Crippen molar-refractivity contribution in [1.29, 1.82) is 0 Å². The van der Waals surface area contributed by atoms with Crippen LogP contribution in [0.3, 0.4) is 0 Å². The van der Waals surface area contributed by atoms with Crippen LogP contribution in [0.25, 0.3) is 11.2 Å². The second kappa shape index (κ2) is 9.56. The normalized spacial score (nSPS) is 11.1. The van der Waals surface area contributed by atoms with E-state index in [4.69, 9.17) is 16.3 Å². The van der Waals surface area contributed by atoms with Gasteiger partial charge in [-0.05, 0) is 31.0 Å². The number of rotatable bonds is 7. The summed E-state index contributed by atoms with van der Waals surface area (Å²) in [4.78, 5) is 43.9. The van der Waals surface area contributed by atoms with Crippen LogP contribution in [0.15, 0.2) is 58.4 Å². The first-order chi connectivity index (χ1) is 16.3. The highest BCUT2D eigenvalue weighted by Gasteiger charge is 2.20. The van der Waals surface area contributed by atoms with Gasteiger partial charge in [-0.1, -0.05) is 41.9 Å². The molecule has 2 aromatic heterocycles. The Morgan fingerprint density at radius 2 is 1.88 bits per heavy atom. The summed E-state index contributed by atoms with van der Waals surface area (Å²) in [6, 6.07) is 12.6. The van der Waals surface area contributed by atoms with Crippen molar-refractivity contribution in [2.24, 2.45) is 0 Å². The minimum absolute atomic E-state index is 0.211. The molecule has 0 unspecified atom stereocenters. The van der Waals surface area contributed by atoms with Gasteiger partial charge in [0.15, 0.2) is 11.2 Å². The molecule has 0 bridgehead atoms. The number of benzene rings is 2. The molecular weight excluding hydrogens is 458 g/mol. The average Bonchev–Trinajstić information content (AvgIpc) is 3.26. The van der Waals surface area contributed by atoms with Gasteiger partial charge in [0.1, 0.15) is 12.3 Å². The van der Waals surface area contributed by atoms with E-state index in [1.165, 1.54) is 18.0 Å². The molecule has 2 heterocycles. The number of fused-ring (bicyclic) bond motifs is 1. The van der Waals surface area contributed by atoms with Gasteiger partial charge < -0.3 is 14.6 Å².